The number of nitrogens with one attached hydrogen (secondary N) is 2. The molecule has 1 aromatic carbocycles. The number of hydrogen-bond acceptors (Lipinski definition) is 7. The Morgan fingerprint density at radius 2 is 1.97 bits per heavy atom. The lowest BCUT2D eigenvalue weighted by atomic mass is 10.1. The fourth-order valence-electron chi connectivity index (χ4n) is 2.98. The van der Waals surface area contributed by atoms with Crippen LogP contribution in [0.3, 0.4) is 0 Å². The Morgan fingerprint density at radius 3 is 2.61 bits per heavy atom. The van der Waals surface area contributed by atoms with Crippen LogP contribution in [0.1, 0.15) is 48.3 Å². The molecule has 1 fully saturated rings. The van der Waals surface area contributed by atoms with Gasteiger partial charge in [0.15, 0.2) is 5.13 Å². The van der Waals surface area contributed by atoms with Crippen LogP contribution in [0.5, 0.6) is 0 Å². The van der Waals surface area contributed by atoms with Gasteiger partial charge < -0.3 is 5.32 Å². The fourth-order valence-corrected chi connectivity index (χ4v) is 5.48. The van der Waals surface area contributed by atoms with Gasteiger partial charge in [-0.2, -0.15) is 0 Å². The second-order valence-corrected chi connectivity index (χ2v) is 10.4. The summed E-state index contributed by atoms with van der Waals surface area (Å²) in [6, 6.07) is 6.64. The smallest absolute Gasteiger partial charge is 0.251 e. The minimum Gasteiger partial charge on any atom is -0.344 e. The molecule has 0 saturated heterocycles. The van der Waals surface area contributed by atoms with E-state index in [9.17, 15) is 13.2 Å². The molecule has 31 heavy (non-hydrogen) atoms. The maximum absolute atomic E-state index is 12.7. The molecule has 2 aromatic heterocycles. The summed E-state index contributed by atoms with van der Waals surface area (Å²) >= 11 is 7.10. The van der Waals surface area contributed by atoms with Crippen molar-refractivity contribution in [2.24, 2.45) is 0 Å². The van der Waals surface area contributed by atoms with Crippen LogP contribution in [0, 0.1) is 0 Å². The average Bonchev–Trinajstić information content (AvgIpc) is 3.53. The molecule has 1 aliphatic carbocycles. The number of rotatable bonds is 8. The highest BCUT2D eigenvalue weighted by molar-refractivity contribution is 7.93. The Hall–Kier alpha value is -2.56. The number of halogens is 1. The van der Waals surface area contributed by atoms with Crippen molar-refractivity contribution in [1.29, 1.82) is 0 Å². The Bertz CT molecular complexity index is 1190. The second kappa shape index (κ2) is 8.89. The summed E-state index contributed by atoms with van der Waals surface area (Å²) < 4.78 is 26.7. The van der Waals surface area contributed by atoms with Crippen LogP contribution in [0.4, 0.5) is 5.13 Å². The molecule has 1 atom stereocenters. The molecule has 162 valence electrons. The standard InChI is InChI=1S/C20H20ClN5O3S2/c1-2-15(17-11-30-20(25-17)26-31(28,29)14-7-8-14)24-19(27)13-5-3-12(4-6-13)16-9-22-10-18(21)23-16/h3-6,9-11,14-15H,2,7-8H2,1H3,(H,24,27)(H,25,26). The molecule has 4 rings (SSSR count). The Labute approximate surface area is 189 Å². The van der Waals surface area contributed by atoms with Gasteiger partial charge in [0, 0.05) is 16.5 Å². The zero-order chi connectivity index (χ0) is 22.0. The van der Waals surface area contributed by atoms with Crippen LogP contribution in [0.25, 0.3) is 11.3 Å². The number of sulfonamides is 1. The van der Waals surface area contributed by atoms with Crippen LogP contribution in [-0.4, -0.2) is 34.5 Å². The van der Waals surface area contributed by atoms with Crippen molar-refractivity contribution in [2.45, 2.75) is 37.5 Å². The molecule has 3 aromatic rings. The predicted octanol–water partition coefficient (Wildman–Crippen LogP) is 4.04. The number of amides is 1. The monoisotopic (exact) mass is 477 g/mol. The molecule has 1 saturated carbocycles. The summed E-state index contributed by atoms with van der Waals surface area (Å²) in [5.74, 6) is -0.247. The highest BCUT2D eigenvalue weighted by atomic mass is 35.5. The van der Waals surface area contributed by atoms with E-state index in [4.69, 9.17) is 11.6 Å². The second-order valence-electron chi connectivity index (χ2n) is 7.16. The molecular formula is C20H20ClN5O3S2. The lowest BCUT2D eigenvalue weighted by Crippen LogP contribution is -2.28. The molecule has 0 radical (unpaired) electrons. The van der Waals surface area contributed by atoms with Crippen LogP contribution in [0.2, 0.25) is 5.15 Å². The molecule has 8 nitrogen and oxygen atoms in total. The topological polar surface area (TPSA) is 114 Å². The lowest BCUT2D eigenvalue weighted by molar-refractivity contribution is 0.0935. The maximum Gasteiger partial charge on any atom is 0.251 e. The number of aromatic nitrogens is 3. The molecule has 2 N–H and O–H groups in total. The number of thiazole rings is 1. The van der Waals surface area contributed by atoms with E-state index in [0.29, 0.717) is 46.5 Å². The zero-order valence-corrected chi connectivity index (χ0v) is 19.0. The molecule has 1 amide bonds. The van der Waals surface area contributed by atoms with Crippen molar-refractivity contribution in [3.63, 3.8) is 0 Å². The quantitative estimate of drug-likeness (QED) is 0.506. The molecule has 2 heterocycles. The Morgan fingerprint density at radius 1 is 1.23 bits per heavy atom. The van der Waals surface area contributed by atoms with Crippen molar-refractivity contribution >= 4 is 44.0 Å². The molecule has 1 unspecified atom stereocenters. The first kappa shape index (κ1) is 21.7. The van der Waals surface area contributed by atoms with Crippen molar-refractivity contribution in [3.8, 4) is 11.3 Å². The zero-order valence-electron chi connectivity index (χ0n) is 16.6. The van der Waals surface area contributed by atoms with Gasteiger partial charge in [-0.1, -0.05) is 30.7 Å². The van der Waals surface area contributed by atoms with E-state index in [1.54, 1.807) is 35.8 Å². The van der Waals surface area contributed by atoms with Gasteiger partial charge in [-0.15, -0.1) is 11.3 Å². The van der Waals surface area contributed by atoms with E-state index in [1.165, 1.54) is 17.5 Å². The highest BCUT2D eigenvalue weighted by Gasteiger charge is 2.36. The first-order chi connectivity index (χ1) is 14.9. The molecule has 1 aliphatic rings. The van der Waals surface area contributed by atoms with E-state index < -0.39 is 10.0 Å². The van der Waals surface area contributed by atoms with Gasteiger partial charge in [-0.3, -0.25) is 14.5 Å². The summed E-state index contributed by atoms with van der Waals surface area (Å²) in [5.41, 5.74) is 2.53. The van der Waals surface area contributed by atoms with Gasteiger partial charge >= 0.3 is 0 Å². The number of anilines is 1. The predicted molar refractivity (Wildman–Crippen MR) is 121 cm³/mol. The summed E-state index contributed by atoms with van der Waals surface area (Å²) in [6.45, 7) is 1.93. The Kier molecular flexibility index (Phi) is 6.22. The summed E-state index contributed by atoms with van der Waals surface area (Å²) in [4.78, 5) is 25.3. The summed E-state index contributed by atoms with van der Waals surface area (Å²) in [7, 11) is -3.36. The number of carbonyl (C=O) groups is 1. The van der Waals surface area contributed by atoms with Crippen LogP contribution < -0.4 is 10.0 Å². The van der Waals surface area contributed by atoms with Gasteiger partial charge in [-0.25, -0.2) is 18.4 Å². The van der Waals surface area contributed by atoms with E-state index in [2.05, 4.69) is 25.0 Å². The molecule has 0 bridgehead atoms. The molecular weight excluding hydrogens is 458 g/mol. The number of carbonyl (C=O) groups excluding carboxylic acids is 1. The van der Waals surface area contributed by atoms with Crippen LogP contribution >= 0.6 is 22.9 Å². The first-order valence-electron chi connectivity index (χ1n) is 9.71. The third kappa shape index (κ3) is 5.20. The molecule has 11 heteroatoms. The van der Waals surface area contributed by atoms with Crippen molar-refractivity contribution in [2.75, 3.05) is 4.72 Å². The third-order valence-electron chi connectivity index (χ3n) is 4.83. The number of nitrogens with zero attached hydrogens (tertiary/aromatic N) is 3. The van der Waals surface area contributed by atoms with Gasteiger partial charge in [-0.05, 0) is 31.4 Å². The molecule has 0 aliphatic heterocycles. The van der Waals surface area contributed by atoms with E-state index in [-0.39, 0.29) is 17.2 Å². The number of benzene rings is 1. The van der Waals surface area contributed by atoms with Crippen LogP contribution in [-0.2, 0) is 10.0 Å². The summed E-state index contributed by atoms with van der Waals surface area (Å²) in [5, 5.41) is 5.02. The van der Waals surface area contributed by atoms with E-state index in [1.807, 2.05) is 6.92 Å². The average molecular weight is 478 g/mol. The minimum absolute atomic E-state index is 0.247. The van der Waals surface area contributed by atoms with Crippen molar-refractivity contribution in [1.82, 2.24) is 20.3 Å². The van der Waals surface area contributed by atoms with Gasteiger partial charge in [0.2, 0.25) is 10.0 Å². The van der Waals surface area contributed by atoms with Crippen molar-refractivity contribution < 1.29 is 13.2 Å². The van der Waals surface area contributed by atoms with Gasteiger partial charge in [0.1, 0.15) is 5.15 Å². The SMILES string of the molecule is CCC(NC(=O)c1ccc(-c2cncc(Cl)n2)cc1)c1csc(NS(=O)(=O)C2CC2)n1. The van der Waals surface area contributed by atoms with Gasteiger partial charge in [0.25, 0.3) is 5.91 Å². The van der Waals surface area contributed by atoms with Gasteiger partial charge in [0.05, 0.1) is 35.1 Å². The van der Waals surface area contributed by atoms with Crippen molar-refractivity contribution in [3.05, 3.63) is 58.4 Å². The number of hydrogen-bond donors (Lipinski definition) is 2. The maximum atomic E-state index is 12.7. The van der Waals surface area contributed by atoms with E-state index >= 15 is 0 Å². The van der Waals surface area contributed by atoms with Crippen LogP contribution in [0.15, 0.2) is 42.0 Å². The third-order valence-corrected chi connectivity index (χ3v) is 7.75. The molecule has 0 spiro atoms. The fraction of sp³-hybridized carbons (Fsp3) is 0.300. The highest BCUT2D eigenvalue weighted by Crippen LogP contribution is 2.31. The normalized spacial score (nSPS) is 14.8. The minimum atomic E-state index is -3.36. The largest absolute Gasteiger partial charge is 0.344 e. The first-order valence-corrected chi connectivity index (χ1v) is 12.5. The lowest BCUT2D eigenvalue weighted by Gasteiger charge is -2.15. The van der Waals surface area contributed by atoms with E-state index in [0.717, 1.165) is 5.56 Å². The Balaban J connectivity index is 1.43. The summed E-state index contributed by atoms with van der Waals surface area (Å²) in [6.07, 6.45) is 5.04.